The lowest BCUT2D eigenvalue weighted by Gasteiger charge is -2.24. The topological polar surface area (TPSA) is 95.9 Å². The molecule has 0 saturated carbocycles. The van der Waals surface area contributed by atoms with Crippen molar-refractivity contribution in [2.24, 2.45) is 0 Å². The highest BCUT2D eigenvalue weighted by Gasteiger charge is 2.23. The summed E-state index contributed by atoms with van der Waals surface area (Å²) in [7, 11) is 0. The molecule has 0 rings (SSSR count). The Balaban J connectivity index is 4.66. The summed E-state index contributed by atoms with van der Waals surface area (Å²) in [6, 6.07) is -0.739. The van der Waals surface area contributed by atoms with E-state index in [2.05, 4.69) is 105 Å². The van der Waals surface area contributed by atoms with E-state index in [0.717, 1.165) is 83.5 Å². The molecule has 0 aromatic heterocycles. The van der Waals surface area contributed by atoms with Gasteiger partial charge in [0.15, 0.2) is 0 Å². The summed E-state index contributed by atoms with van der Waals surface area (Å²) in [5.41, 5.74) is 0. The first kappa shape index (κ1) is 65.0. The van der Waals surface area contributed by atoms with Gasteiger partial charge in [-0.25, -0.2) is 0 Å². The number of rotatable bonds is 51. The third-order valence-corrected chi connectivity index (χ3v) is 12.7. The van der Waals surface area contributed by atoms with E-state index >= 15 is 0 Å². The van der Waals surface area contributed by atoms with E-state index in [-0.39, 0.29) is 24.9 Å². The first-order valence-corrected chi connectivity index (χ1v) is 28.8. The summed E-state index contributed by atoms with van der Waals surface area (Å²) in [5.74, 6) is -0.587. The number of allylic oxidation sites excluding steroid dienone is 13. The number of unbranched alkanes of at least 4 members (excludes halogenated alkanes) is 26. The number of amides is 1. The van der Waals surface area contributed by atoms with Gasteiger partial charge in [-0.3, -0.25) is 9.59 Å². The highest BCUT2D eigenvalue weighted by Crippen LogP contribution is 2.17. The predicted molar refractivity (Wildman–Crippen MR) is 296 cm³/mol. The standard InChI is InChI=1S/C62H109NO5/c1-4-7-10-13-16-19-22-25-28-30-33-36-39-42-45-48-51-54-60(65)59(57-64)63-61(66)56-58(53-50-47-44-41-38-35-32-27-24-21-18-15-12-9-6-3)68-62(67)55-52-49-46-43-40-37-34-31-29-26-23-20-17-14-11-8-5-2/h9,12,17-18,20-21,26-27,29,32,38,41,47,50,58-60,64-65H,4-8,10-11,13-16,19,22-25,28,30-31,33-37,39-40,42-46,48-49,51-57H2,1-3H3,(H,63,66)/b12-9-,20-17-,21-18-,29-26-,32-27-,41-38-,50-47-. The van der Waals surface area contributed by atoms with Gasteiger partial charge in [0.05, 0.1) is 25.2 Å². The van der Waals surface area contributed by atoms with Crippen molar-refractivity contribution >= 4 is 11.9 Å². The molecule has 3 atom stereocenters. The maximum Gasteiger partial charge on any atom is 0.306 e. The second kappa shape index (κ2) is 55.0. The second-order valence-electron chi connectivity index (χ2n) is 19.3. The Morgan fingerprint density at radius 3 is 1.28 bits per heavy atom. The quantitative estimate of drug-likeness (QED) is 0.0321. The maximum atomic E-state index is 13.2. The van der Waals surface area contributed by atoms with Crippen LogP contribution in [-0.4, -0.2) is 46.9 Å². The summed E-state index contributed by atoms with van der Waals surface area (Å²) in [6.45, 7) is 6.34. The lowest BCUT2D eigenvalue weighted by Crippen LogP contribution is -2.46. The van der Waals surface area contributed by atoms with Gasteiger partial charge in [-0.05, 0) is 77.0 Å². The normalized spacial score (nSPS) is 13.8. The van der Waals surface area contributed by atoms with Crippen LogP contribution in [0.15, 0.2) is 85.1 Å². The molecule has 0 aliphatic rings. The minimum absolute atomic E-state index is 0.00661. The van der Waals surface area contributed by atoms with Gasteiger partial charge in [0.25, 0.3) is 0 Å². The van der Waals surface area contributed by atoms with Crippen molar-refractivity contribution < 1.29 is 24.5 Å². The van der Waals surface area contributed by atoms with Gasteiger partial charge < -0.3 is 20.3 Å². The largest absolute Gasteiger partial charge is 0.461 e. The first-order valence-electron chi connectivity index (χ1n) is 28.8. The van der Waals surface area contributed by atoms with E-state index in [1.54, 1.807) is 0 Å². The fourth-order valence-corrected chi connectivity index (χ4v) is 8.37. The summed E-state index contributed by atoms with van der Waals surface area (Å²) in [6.07, 6.45) is 72.4. The van der Waals surface area contributed by atoms with Crippen LogP contribution < -0.4 is 5.32 Å². The van der Waals surface area contributed by atoms with E-state index in [0.29, 0.717) is 19.3 Å². The van der Waals surface area contributed by atoms with Crippen LogP contribution in [0.1, 0.15) is 271 Å². The lowest BCUT2D eigenvalue weighted by molar-refractivity contribution is -0.150. The number of hydrogen-bond acceptors (Lipinski definition) is 5. The molecule has 0 heterocycles. The lowest BCUT2D eigenvalue weighted by atomic mass is 10.0. The van der Waals surface area contributed by atoms with E-state index in [4.69, 9.17) is 4.74 Å². The van der Waals surface area contributed by atoms with Crippen LogP contribution in [-0.2, 0) is 14.3 Å². The Hall–Kier alpha value is -2.96. The fraction of sp³-hybridized carbons (Fsp3) is 0.742. The molecule has 0 saturated heterocycles. The molecule has 0 aliphatic carbocycles. The van der Waals surface area contributed by atoms with E-state index < -0.39 is 18.2 Å². The molecular formula is C62H109NO5. The smallest absolute Gasteiger partial charge is 0.306 e. The molecule has 0 aromatic rings. The number of aliphatic hydroxyl groups is 2. The average Bonchev–Trinajstić information content (AvgIpc) is 3.33. The van der Waals surface area contributed by atoms with Crippen molar-refractivity contribution in [3.8, 4) is 0 Å². The highest BCUT2D eigenvalue weighted by molar-refractivity contribution is 5.77. The number of nitrogens with one attached hydrogen (secondary N) is 1. The number of ether oxygens (including phenoxy) is 1. The van der Waals surface area contributed by atoms with Crippen LogP contribution in [0, 0.1) is 0 Å². The van der Waals surface area contributed by atoms with Crippen molar-refractivity contribution in [2.45, 2.75) is 289 Å². The van der Waals surface area contributed by atoms with Crippen molar-refractivity contribution in [1.82, 2.24) is 5.32 Å². The molecule has 1 amide bonds. The Kier molecular flexibility index (Phi) is 52.6. The predicted octanol–water partition coefficient (Wildman–Crippen LogP) is 17.9. The zero-order valence-corrected chi connectivity index (χ0v) is 44.7. The number of carbonyl (C=O) groups excluding carboxylic acids is 2. The van der Waals surface area contributed by atoms with Gasteiger partial charge >= 0.3 is 5.97 Å². The molecule has 0 bridgehead atoms. The minimum atomic E-state index is -0.818. The number of hydrogen-bond donors (Lipinski definition) is 3. The van der Waals surface area contributed by atoms with Crippen molar-refractivity contribution in [3.63, 3.8) is 0 Å². The molecule has 0 spiro atoms. The monoisotopic (exact) mass is 948 g/mol. The second-order valence-corrected chi connectivity index (χ2v) is 19.3. The Morgan fingerprint density at radius 1 is 0.456 bits per heavy atom. The van der Waals surface area contributed by atoms with Crippen molar-refractivity contribution in [3.05, 3.63) is 85.1 Å². The van der Waals surface area contributed by atoms with Crippen molar-refractivity contribution in [2.75, 3.05) is 6.61 Å². The van der Waals surface area contributed by atoms with Crippen LogP contribution in [0.5, 0.6) is 0 Å². The van der Waals surface area contributed by atoms with Gasteiger partial charge in [0.2, 0.25) is 5.91 Å². The molecule has 3 unspecified atom stereocenters. The Labute approximate surface area is 421 Å². The number of carbonyl (C=O) groups is 2. The summed E-state index contributed by atoms with van der Waals surface area (Å²) in [5, 5.41) is 23.9. The van der Waals surface area contributed by atoms with Crippen LogP contribution in [0.25, 0.3) is 0 Å². The number of esters is 1. The van der Waals surface area contributed by atoms with E-state index in [1.807, 2.05) is 6.08 Å². The zero-order valence-electron chi connectivity index (χ0n) is 44.7. The maximum absolute atomic E-state index is 13.2. The molecule has 6 heteroatoms. The zero-order chi connectivity index (χ0) is 49.5. The molecule has 6 nitrogen and oxygen atoms in total. The van der Waals surface area contributed by atoms with E-state index in [1.165, 1.54) is 141 Å². The van der Waals surface area contributed by atoms with Gasteiger partial charge in [-0.1, -0.05) is 260 Å². The van der Waals surface area contributed by atoms with Crippen LogP contribution >= 0.6 is 0 Å². The first-order chi connectivity index (χ1) is 33.5. The molecule has 0 aromatic carbocycles. The number of aliphatic hydroxyl groups excluding tert-OH is 2. The van der Waals surface area contributed by atoms with Gasteiger partial charge in [-0.15, -0.1) is 0 Å². The van der Waals surface area contributed by atoms with Gasteiger partial charge in [0.1, 0.15) is 6.10 Å². The summed E-state index contributed by atoms with van der Waals surface area (Å²) >= 11 is 0. The molecule has 0 radical (unpaired) electrons. The highest BCUT2D eigenvalue weighted by atomic mass is 16.5. The third kappa shape index (κ3) is 49.5. The molecular weight excluding hydrogens is 839 g/mol. The Morgan fingerprint density at radius 2 is 0.824 bits per heavy atom. The average molecular weight is 949 g/mol. The third-order valence-electron chi connectivity index (χ3n) is 12.7. The fourth-order valence-electron chi connectivity index (χ4n) is 8.37. The minimum Gasteiger partial charge on any atom is -0.461 e. The van der Waals surface area contributed by atoms with Crippen LogP contribution in [0.2, 0.25) is 0 Å². The van der Waals surface area contributed by atoms with Gasteiger partial charge in [0, 0.05) is 12.8 Å². The molecule has 392 valence electrons. The van der Waals surface area contributed by atoms with Crippen LogP contribution in [0.3, 0.4) is 0 Å². The van der Waals surface area contributed by atoms with Crippen molar-refractivity contribution in [1.29, 1.82) is 0 Å². The molecule has 0 fully saturated rings. The SMILES string of the molecule is CC/C=C\C/C=C\C/C=C\C/C=C\C/C=C\CC(CC(=O)NC(CO)C(O)CCCCCCCCCCCCCCCCCCC)OC(=O)CCCCCCCCC/C=C\C/C=C\CCCCC. The van der Waals surface area contributed by atoms with Crippen LogP contribution in [0.4, 0.5) is 0 Å². The molecule has 68 heavy (non-hydrogen) atoms. The van der Waals surface area contributed by atoms with E-state index in [9.17, 15) is 19.8 Å². The summed E-state index contributed by atoms with van der Waals surface area (Å²) < 4.78 is 5.89. The van der Waals surface area contributed by atoms with Gasteiger partial charge in [-0.2, -0.15) is 0 Å². The molecule has 3 N–H and O–H groups in total. The Bertz CT molecular complexity index is 1290. The summed E-state index contributed by atoms with van der Waals surface area (Å²) in [4.78, 5) is 26.2. The molecule has 0 aliphatic heterocycles.